The molecule has 6 aromatic rings. The Kier molecular flexibility index (Phi) is 3.67. The van der Waals surface area contributed by atoms with Crippen LogP contribution in [-0.4, -0.2) is 57.9 Å². The molecule has 0 bridgehead atoms. The van der Waals surface area contributed by atoms with Crippen molar-refractivity contribution in [2.75, 3.05) is 7.11 Å². The van der Waals surface area contributed by atoms with E-state index in [0.717, 1.165) is 17.1 Å². The number of aromatic amines is 1. The van der Waals surface area contributed by atoms with Gasteiger partial charge in [0, 0.05) is 65.6 Å². The number of halogens is 1. The molecule has 1 aliphatic rings. The number of nitrogens with zero attached hydrogens (tertiary/aromatic N) is 7. The first kappa shape index (κ1) is 16.1. The Morgan fingerprint density at radius 3 is 2.93 bits per heavy atom. The monoisotopic (exact) mass is 598 g/mol. The first-order valence-electron chi connectivity index (χ1n) is 19.7. The first-order valence-corrected chi connectivity index (χ1v) is 13.2. The summed E-state index contributed by atoms with van der Waals surface area (Å²) < 4.78 is 128. The van der Waals surface area contributed by atoms with E-state index >= 15 is 4.39 Å². The summed E-state index contributed by atoms with van der Waals surface area (Å²) in [6.07, 6.45) is 3.35. The molecule has 1 amide bonds. The number of ether oxygens (including phenoxy) is 1. The largest absolute Gasteiger partial charge is 0.453 e. The molecule has 222 valence electrons. The van der Waals surface area contributed by atoms with Gasteiger partial charge in [-0.05, 0) is 50.7 Å². The Morgan fingerprint density at radius 2 is 2.14 bits per heavy atom. The molecule has 5 heterocycles. The number of alkyl carbamates (subject to hydrolysis) is 1. The summed E-state index contributed by atoms with van der Waals surface area (Å²) in [7, 11) is 1.19. The highest BCUT2D eigenvalue weighted by Crippen LogP contribution is 2.43. The molecular weight excluding hydrogens is 553 g/mol. The average Bonchev–Trinajstić information content (AvgIpc) is 3.90. The summed E-state index contributed by atoms with van der Waals surface area (Å²) in [5.41, 5.74) is -1.27. The van der Waals surface area contributed by atoms with Gasteiger partial charge >= 0.3 is 11.8 Å². The first-order chi connectivity index (χ1) is 25.9. The number of benzene rings is 1. The Balaban J connectivity index is 1.58. The summed E-state index contributed by atoms with van der Waals surface area (Å²) in [4.78, 5) is 33.7. The molecule has 1 aromatic carbocycles. The van der Waals surface area contributed by atoms with Crippen LogP contribution in [-0.2, 0) is 18.7 Å². The van der Waals surface area contributed by atoms with Crippen LogP contribution in [0.2, 0.25) is 0 Å². The van der Waals surface area contributed by atoms with Gasteiger partial charge in [0.2, 0.25) is 5.95 Å². The minimum atomic E-state index is -3.53. The van der Waals surface area contributed by atoms with Crippen LogP contribution in [0.25, 0.3) is 55.4 Å². The van der Waals surface area contributed by atoms with Gasteiger partial charge in [-0.15, -0.1) is 5.10 Å². The second-order valence-electron chi connectivity index (χ2n) is 10.3. The number of aryl methyl sites for hydroxylation is 2. The molecule has 1 aliphatic carbocycles. The van der Waals surface area contributed by atoms with Crippen molar-refractivity contribution in [3.8, 4) is 22.4 Å². The highest BCUT2D eigenvalue weighted by molar-refractivity contribution is 6.14. The van der Waals surface area contributed by atoms with Crippen LogP contribution in [0.1, 0.15) is 62.8 Å². The van der Waals surface area contributed by atoms with Crippen LogP contribution >= 0.6 is 0 Å². The molecule has 5 aromatic heterocycles. The Morgan fingerprint density at radius 1 is 1.26 bits per heavy atom. The summed E-state index contributed by atoms with van der Waals surface area (Å²) in [5.74, 6) is -1.39. The van der Waals surface area contributed by atoms with E-state index in [-0.39, 0.29) is 55.5 Å². The van der Waals surface area contributed by atoms with Crippen LogP contribution in [0.15, 0.2) is 41.6 Å². The number of nitrogens with one attached hydrogen (secondary N) is 2. The molecule has 2 N–H and O–H groups in total. The van der Waals surface area contributed by atoms with E-state index in [0.29, 0.717) is 22.8 Å². The summed E-state index contributed by atoms with van der Waals surface area (Å²) in [6.45, 7) is -12.7. The van der Waals surface area contributed by atoms with E-state index in [1.165, 1.54) is 36.1 Å². The number of hydrogen-bond donors (Lipinski definition) is 2. The van der Waals surface area contributed by atoms with E-state index < -0.39 is 69.1 Å². The Bertz CT molecular complexity index is 2580. The van der Waals surface area contributed by atoms with Gasteiger partial charge < -0.3 is 15.0 Å². The van der Waals surface area contributed by atoms with Gasteiger partial charge in [-0.25, -0.2) is 14.6 Å². The van der Waals surface area contributed by atoms with Crippen LogP contribution < -0.4 is 11.0 Å². The molecule has 1 fully saturated rings. The minimum Gasteiger partial charge on any atom is -0.453 e. The molecule has 0 radical (unpaired) electrons. The lowest BCUT2D eigenvalue weighted by molar-refractivity contribution is 0.166. The third kappa shape index (κ3) is 4.13. The molecule has 12 nitrogen and oxygen atoms in total. The van der Waals surface area contributed by atoms with Crippen LogP contribution in [0, 0.1) is 5.95 Å². The predicted molar refractivity (Wildman–Crippen MR) is 160 cm³/mol. The normalized spacial score (nSPS) is 23.1. The van der Waals surface area contributed by atoms with Crippen molar-refractivity contribution in [3.63, 3.8) is 0 Å². The Hall–Kier alpha value is -4.94. The third-order valence-electron chi connectivity index (χ3n) is 7.96. The van der Waals surface area contributed by atoms with E-state index in [2.05, 4.69) is 25.5 Å². The Labute approximate surface area is 263 Å². The number of amides is 1. The lowest BCUT2D eigenvalue weighted by Crippen LogP contribution is -2.33. The quantitative estimate of drug-likeness (QED) is 0.293. The number of aromatic nitrogens is 8. The van der Waals surface area contributed by atoms with Crippen molar-refractivity contribution >= 4 is 39.1 Å². The number of H-pyrrole nitrogens is 1. The van der Waals surface area contributed by atoms with Gasteiger partial charge in [-0.3, -0.25) is 18.5 Å². The summed E-state index contributed by atoms with van der Waals surface area (Å²) in [6, 6.07) is -0.189. The van der Waals surface area contributed by atoms with Crippen molar-refractivity contribution < 1.29 is 31.7 Å². The van der Waals surface area contributed by atoms with Gasteiger partial charge in [0.05, 0.1) is 54.1 Å². The maximum absolute atomic E-state index is 16.2. The zero-order valence-electron chi connectivity index (χ0n) is 35.5. The van der Waals surface area contributed by atoms with Crippen molar-refractivity contribution in [3.05, 3.63) is 53.2 Å². The number of imidazole rings is 1. The van der Waals surface area contributed by atoms with E-state index in [9.17, 15) is 9.59 Å². The summed E-state index contributed by atoms with van der Waals surface area (Å²) in [5, 5.41) is 10.6. The van der Waals surface area contributed by atoms with E-state index in [1.54, 1.807) is 0 Å². The standard InChI is InChI=1S/C30H32FN9O3/c1-15(2)39-14-20(27(31)36-39)25-23(16-6-9-21-17(10-16)12-33-38(21)4)24-26-22(13-32-28(24)35-25)37(3)30(42)40(26)19-8-7-18(11-19)34-29(41)43-5/h6,9-10,12-15,18-19H,7-8,11H2,1-5H3,(H,32,35)(H,34,41)/t18-,19-/m1/s1/i1D3,2D3,3D3,4D3,15D. The minimum absolute atomic E-state index is 0.0182. The van der Waals surface area contributed by atoms with Crippen molar-refractivity contribution in [1.82, 2.24) is 44.0 Å². The van der Waals surface area contributed by atoms with Crippen LogP contribution in [0.4, 0.5) is 9.18 Å². The van der Waals surface area contributed by atoms with E-state index in [1.807, 2.05) is 0 Å². The topological polar surface area (TPSA) is 130 Å². The maximum Gasteiger partial charge on any atom is 0.407 e. The van der Waals surface area contributed by atoms with Crippen LogP contribution in [0.5, 0.6) is 0 Å². The smallest absolute Gasteiger partial charge is 0.407 e. The highest BCUT2D eigenvalue weighted by Gasteiger charge is 2.32. The number of carbonyl (C=O) groups excluding carboxylic acids is 1. The molecule has 0 unspecified atom stereocenters. The molecule has 13 heteroatoms. The van der Waals surface area contributed by atoms with Gasteiger partial charge in [0.1, 0.15) is 5.65 Å². The molecule has 2 atom stereocenters. The number of hydrogen-bond acceptors (Lipinski definition) is 6. The average molecular weight is 599 g/mol. The fourth-order valence-corrected chi connectivity index (χ4v) is 6.04. The molecular formula is C30H32FN9O3. The number of carbonyl (C=O) groups is 1. The van der Waals surface area contributed by atoms with E-state index in [4.69, 9.17) is 22.6 Å². The van der Waals surface area contributed by atoms with Crippen molar-refractivity contribution in [1.29, 1.82) is 0 Å². The number of rotatable bonds is 5. The molecule has 0 aliphatic heterocycles. The van der Waals surface area contributed by atoms with Crippen molar-refractivity contribution in [2.24, 2.45) is 14.0 Å². The molecule has 7 rings (SSSR count). The van der Waals surface area contributed by atoms with Gasteiger partial charge in [0.15, 0.2) is 0 Å². The highest BCUT2D eigenvalue weighted by atomic mass is 19.1. The van der Waals surface area contributed by atoms with Crippen LogP contribution in [0.3, 0.4) is 0 Å². The lowest BCUT2D eigenvalue weighted by Gasteiger charge is -2.15. The molecule has 43 heavy (non-hydrogen) atoms. The van der Waals surface area contributed by atoms with Gasteiger partial charge in [0.25, 0.3) is 0 Å². The maximum atomic E-state index is 16.2. The summed E-state index contributed by atoms with van der Waals surface area (Å²) >= 11 is 0. The number of methoxy groups -OCH3 is 1. The van der Waals surface area contributed by atoms with Gasteiger partial charge in [-0.1, -0.05) is 6.07 Å². The number of pyridine rings is 1. The fourth-order valence-electron chi connectivity index (χ4n) is 6.04. The zero-order chi connectivity index (χ0) is 41.1. The second-order valence-corrected chi connectivity index (χ2v) is 10.3. The fraction of sp³-hybridized carbons (Fsp3) is 0.367. The van der Waals surface area contributed by atoms with Gasteiger partial charge in [-0.2, -0.15) is 9.49 Å². The third-order valence-corrected chi connectivity index (χ3v) is 7.96. The predicted octanol–water partition coefficient (Wildman–Crippen LogP) is 4.80. The second kappa shape index (κ2) is 9.82. The SMILES string of the molecule is [2H]C([2H])([2H])n1ncc2cc(-c3c(-c4cn(C([2H])(C([2H])([2H])[2H])C([2H])([2H])[2H])nc4F)[nH]c4ncc5c(c34)n([C@@H]3CC[C@@H](NC(=O)OC)C3)c(=O)n5C([2H])([2H])[2H])ccc21. The number of fused-ring (bicyclic) bond motifs is 4. The van der Waals surface area contributed by atoms with Crippen molar-refractivity contribution in [2.45, 2.75) is 51.1 Å². The molecule has 0 spiro atoms. The lowest BCUT2D eigenvalue weighted by atomic mass is 9.98. The molecule has 0 saturated heterocycles. The molecule has 1 saturated carbocycles. The zero-order valence-corrected chi connectivity index (χ0v) is 22.5.